The molecule has 0 amide bonds. The highest BCUT2D eigenvalue weighted by Gasteiger charge is 2.42. The number of alkyl halides is 3. The van der Waals surface area contributed by atoms with Crippen LogP contribution >= 0.6 is 11.3 Å². The van der Waals surface area contributed by atoms with Gasteiger partial charge in [0.1, 0.15) is 0 Å². The maximum absolute atomic E-state index is 12.8. The van der Waals surface area contributed by atoms with Crippen LogP contribution in [0.2, 0.25) is 0 Å². The number of thiophene rings is 1. The van der Waals surface area contributed by atoms with Gasteiger partial charge in [-0.2, -0.15) is 13.2 Å². The van der Waals surface area contributed by atoms with Gasteiger partial charge < -0.3 is 0 Å². The van der Waals surface area contributed by atoms with Gasteiger partial charge in [0, 0.05) is 11.3 Å². The van der Waals surface area contributed by atoms with E-state index in [-0.39, 0.29) is 17.6 Å². The van der Waals surface area contributed by atoms with Crippen molar-refractivity contribution >= 4 is 23.1 Å². The van der Waals surface area contributed by atoms with E-state index in [0.717, 1.165) is 33.7 Å². The van der Waals surface area contributed by atoms with Crippen molar-refractivity contribution < 1.29 is 32.5 Å². The predicted octanol–water partition coefficient (Wildman–Crippen LogP) is 8.78. The van der Waals surface area contributed by atoms with Gasteiger partial charge in [0.2, 0.25) is 0 Å². The summed E-state index contributed by atoms with van der Waals surface area (Å²) >= 11 is 1.26. The van der Waals surface area contributed by atoms with Gasteiger partial charge in [-0.15, -0.1) is 11.3 Å². The molecular weight excluding hydrogens is 513 g/mol. The summed E-state index contributed by atoms with van der Waals surface area (Å²) in [6.45, 7) is 13.2. The number of hydrogen-bond donors (Lipinski definition) is 0. The number of hydrogen-bond acceptors (Lipinski definition) is 5. The van der Waals surface area contributed by atoms with Crippen molar-refractivity contribution in [2.45, 2.75) is 67.5 Å². The molecule has 8 heteroatoms. The van der Waals surface area contributed by atoms with Crippen molar-refractivity contribution in [2.24, 2.45) is 10.8 Å². The minimum absolute atomic E-state index is 0.0397. The first kappa shape index (κ1) is 29.4. The van der Waals surface area contributed by atoms with Crippen LogP contribution in [0.1, 0.15) is 73.0 Å². The van der Waals surface area contributed by atoms with Gasteiger partial charge in [-0.1, -0.05) is 45.0 Å². The summed E-state index contributed by atoms with van der Waals surface area (Å²) < 4.78 is 38.4. The lowest BCUT2D eigenvalue weighted by Gasteiger charge is -2.35. The van der Waals surface area contributed by atoms with Crippen LogP contribution in [0.15, 0.2) is 48.5 Å². The monoisotopic (exact) mass is 546 g/mol. The largest absolute Gasteiger partial charge is 0.416 e. The number of carbonyl (C=O) groups is 2. The lowest BCUT2D eigenvalue weighted by Crippen LogP contribution is -2.39. The average molecular weight is 547 g/mol. The molecular formula is C30H33F3O4S. The summed E-state index contributed by atoms with van der Waals surface area (Å²) in [6.07, 6.45) is -3.60. The minimum atomic E-state index is -4.39. The zero-order valence-corrected chi connectivity index (χ0v) is 23.5. The van der Waals surface area contributed by atoms with Gasteiger partial charge in [0.15, 0.2) is 11.5 Å². The van der Waals surface area contributed by atoms with E-state index >= 15 is 0 Å². The third-order valence-corrected chi connectivity index (χ3v) is 8.30. The molecule has 4 nitrogen and oxygen atoms in total. The van der Waals surface area contributed by atoms with Crippen LogP contribution in [0.4, 0.5) is 13.2 Å². The fourth-order valence-electron chi connectivity index (χ4n) is 3.65. The van der Waals surface area contributed by atoms with Crippen molar-refractivity contribution in [3.63, 3.8) is 0 Å². The first-order valence-electron chi connectivity index (χ1n) is 12.3. The molecule has 0 aliphatic heterocycles. The number of rotatable bonds is 8. The van der Waals surface area contributed by atoms with E-state index in [9.17, 15) is 22.8 Å². The Morgan fingerprint density at radius 1 is 0.868 bits per heavy atom. The Balaban J connectivity index is 1.62. The van der Waals surface area contributed by atoms with E-state index in [1.807, 2.05) is 60.6 Å². The zero-order valence-electron chi connectivity index (χ0n) is 22.7. The number of benzene rings is 2. The molecule has 0 atom stereocenters. The van der Waals surface area contributed by atoms with Gasteiger partial charge in [0.05, 0.1) is 15.9 Å². The maximum atomic E-state index is 12.8. The van der Waals surface area contributed by atoms with Gasteiger partial charge in [-0.05, 0) is 86.1 Å². The van der Waals surface area contributed by atoms with Crippen molar-refractivity contribution in [2.75, 3.05) is 0 Å². The molecule has 1 aromatic heterocycles. The number of carbonyl (C=O) groups excluding carboxylic acids is 2. The average Bonchev–Trinajstić information content (AvgIpc) is 3.31. The predicted molar refractivity (Wildman–Crippen MR) is 143 cm³/mol. The second-order valence-corrected chi connectivity index (χ2v) is 12.1. The number of aryl methyl sites for hydroxylation is 3. The van der Waals surface area contributed by atoms with Crippen molar-refractivity contribution in [3.05, 3.63) is 75.7 Å². The molecule has 38 heavy (non-hydrogen) atoms. The smallest absolute Gasteiger partial charge is 0.293 e. The van der Waals surface area contributed by atoms with E-state index in [0.29, 0.717) is 22.6 Å². The molecule has 0 spiro atoms. The Bertz CT molecular complexity index is 1290. The molecule has 204 valence electrons. The molecule has 2 aromatic carbocycles. The molecule has 3 rings (SSSR count). The van der Waals surface area contributed by atoms with Gasteiger partial charge >= 0.3 is 12.1 Å². The van der Waals surface area contributed by atoms with Crippen LogP contribution < -0.4 is 4.89 Å². The number of Topliss-reactive ketones (excluding diaryl/α,β-unsaturated/α-hetero) is 1. The molecule has 0 bridgehead atoms. The Morgan fingerprint density at radius 3 is 1.97 bits per heavy atom. The quantitative estimate of drug-likeness (QED) is 0.161. The summed E-state index contributed by atoms with van der Waals surface area (Å²) in [7, 11) is 0. The number of ketones is 1. The highest BCUT2D eigenvalue weighted by molar-refractivity contribution is 7.17. The minimum Gasteiger partial charge on any atom is -0.293 e. The zero-order chi connectivity index (χ0) is 28.5. The Hall–Kier alpha value is -3.13. The lowest BCUT2D eigenvalue weighted by atomic mass is 9.69. The van der Waals surface area contributed by atoms with Gasteiger partial charge in [-0.3, -0.25) is 9.68 Å². The molecule has 0 saturated heterocycles. The summed E-state index contributed by atoms with van der Waals surface area (Å²) in [4.78, 5) is 37.4. The van der Waals surface area contributed by atoms with Gasteiger partial charge in [0.25, 0.3) is 0 Å². The molecule has 0 unspecified atom stereocenters. The second-order valence-electron chi connectivity index (χ2n) is 11.1. The van der Waals surface area contributed by atoms with E-state index in [4.69, 9.17) is 9.78 Å². The normalized spacial score (nSPS) is 12.4. The van der Waals surface area contributed by atoms with Gasteiger partial charge in [-0.25, -0.2) is 9.68 Å². The van der Waals surface area contributed by atoms with Crippen LogP contribution in [0.5, 0.6) is 5.75 Å². The Labute approximate surface area is 225 Å². The van der Waals surface area contributed by atoms with Crippen LogP contribution in [0.3, 0.4) is 0 Å². The Morgan fingerprint density at radius 2 is 1.45 bits per heavy atom. The van der Waals surface area contributed by atoms with Crippen LogP contribution in [-0.4, -0.2) is 11.8 Å². The molecule has 0 radical (unpaired) electrons. The van der Waals surface area contributed by atoms with Crippen LogP contribution in [0, 0.1) is 24.7 Å². The maximum Gasteiger partial charge on any atom is 0.416 e. The van der Waals surface area contributed by atoms with Crippen LogP contribution in [0.25, 0.3) is 10.4 Å². The molecule has 0 aliphatic rings. The summed E-state index contributed by atoms with van der Waals surface area (Å²) in [6, 6.07) is 12.2. The van der Waals surface area contributed by atoms with E-state index in [1.54, 1.807) is 12.1 Å². The summed E-state index contributed by atoms with van der Waals surface area (Å²) in [5, 5.41) is 0. The first-order chi connectivity index (χ1) is 17.5. The molecule has 1 heterocycles. The molecule has 0 aliphatic carbocycles. The lowest BCUT2D eigenvalue weighted by molar-refractivity contribution is -0.229. The molecule has 0 fully saturated rings. The first-order valence-corrected chi connectivity index (χ1v) is 13.1. The summed E-state index contributed by atoms with van der Waals surface area (Å²) in [5.41, 5.74) is 1.39. The third kappa shape index (κ3) is 6.65. The topological polar surface area (TPSA) is 52.6 Å². The Kier molecular flexibility index (Phi) is 8.46. The third-order valence-electron chi connectivity index (χ3n) is 7.12. The highest BCUT2D eigenvalue weighted by Crippen LogP contribution is 2.39. The van der Waals surface area contributed by atoms with Crippen molar-refractivity contribution in [3.8, 4) is 16.2 Å². The SMILES string of the molecule is Cc1cc(CCC(=O)c2ccc(-c3ccc(C(F)(F)F)cc3)s2)cc(C)c1OOC(=O)C(C)(C)C(C)(C)C. The standard InChI is InChI=1S/C30H33F3O4S/c1-18-16-20(17-19(2)26(18)36-37-27(35)29(6,7)28(3,4)5)8-13-23(34)25-15-14-24(38-25)21-9-11-22(12-10-21)30(31,32)33/h9-12,14-17H,8,13H2,1-7H3. The number of halogens is 3. The van der Waals surface area contributed by atoms with E-state index < -0.39 is 23.1 Å². The fraction of sp³-hybridized carbons (Fsp3) is 0.400. The molecule has 0 N–H and O–H groups in total. The molecule has 0 saturated carbocycles. The van der Waals surface area contributed by atoms with Crippen LogP contribution in [-0.2, 0) is 22.3 Å². The van der Waals surface area contributed by atoms with Crippen molar-refractivity contribution in [1.82, 2.24) is 0 Å². The molecule has 3 aromatic rings. The fourth-order valence-corrected chi connectivity index (χ4v) is 4.63. The second kappa shape index (κ2) is 10.9. The summed E-state index contributed by atoms with van der Waals surface area (Å²) in [5.74, 6) is -0.0233. The van der Waals surface area contributed by atoms with Crippen molar-refractivity contribution in [1.29, 1.82) is 0 Å². The van der Waals surface area contributed by atoms with E-state index in [2.05, 4.69) is 0 Å². The van der Waals surface area contributed by atoms with E-state index in [1.165, 1.54) is 23.5 Å². The highest BCUT2D eigenvalue weighted by atomic mass is 32.1.